The van der Waals surface area contributed by atoms with Crippen LogP contribution in [0.15, 0.2) is 18.2 Å². The first kappa shape index (κ1) is 12.4. The van der Waals surface area contributed by atoms with Crippen LogP contribution in [0.1, 0.15) is 6.92 Å². The molecule has 0 aliphatic carbocycles. The first-order valence-corrected chi connectivity index (χ1v) is 5.60. The third-order valence-corrected chi connectivity index (χ3v) is 2.51. The molecule has 0 aliphatic rings. The van der Waals surface area contributed by atoms with Crippen LogP contribution in [0.5, 0.6) is 0 Å². The number of carbonyl (C=O) groups is 2. The number of hydrogen-bond acceptors (Lipinski definition) is 4. The third kappa shape index (κ3) is 2.14. The highest BCUT2D eigenvalue weighted by Crippen LogP contribution is 2.25. The van der Waals surface area contributed by atoms with E-state index >= 15 is 0 Å². The number of aromatic nitrogens is 2. The van der Waals surface area contributed by atoms with E-state index in [9.17, 15) is 9.59 Å². The van der Waals surface area contributed by atoms with Crippen molar-refractivity contribution >= 4 is 40.8 Å². The number of fused-ring (bicyclic) bond motifs is 1. The molecule has 0 saturated carbocycles. The summed E-state index contributed by atoms with van der Waals surface area (Å²) in [5.41, 5.74) is 0.477. The molecule has 0 spiro atoms. The Morgan fingerprint density at radius 3 is 3.06 bits per heavy atom. The number of carbonyl (C=O) groups excluding carboxylic acids is 2. The van der Waals surface area contributed by atoms with Gasteiger partial charge in [-0.3, -0.25) is 4.79 Å². The van der Waals surface area contributed by atoms with Crippen molar-refractivity contribution in [3.63, 3.8) is 0 Å². The van der Waals surface area contributed by atoms with Crippen LogP contribution in [-0.4, -0.2) is 28.9 Å². The van der Waals surface area contributed by atoms with Crippen molar-refractivity contribution in [3.8, 4) is 0 Å². The summed E-state index contributed by atoms with van der Waals surface area (Å²) in [5.74, 6) is 0.282. The van der Waals surface area contributed by atoms with Crippen LogP contribution in [-0.2, 0) is 9.53 Å². The van der Waals surface area contributed by atoms with Gasteiger partial charge in [-0.1, -0.05) is 11.6 Å². The lowest BCUT2D eigenvalue weighted by atomic mass is 10.2. The van der Waals surface area contributed by atoms with Crippen LogP contribution in [0.4, 0.5) is 10.6 Å². The van der Waals surface area contributed by atoms with E-state index in [2.05, 4.69) is 10.4 Å². The highest BCUT2D eigenvalue weighted by Gasteiger charge is 2.16. The van der Waals surface area contributed by atoms with Crippen LogP contribution >= 0.6 is 11.6 Å². The molecule has 0 bridgehead atoms. The van der Waals surface area contributed by atoms with Crippen LogP contribution in [0.3, 0.4) is 0 Å². The lowest BCUT2D eigenvalue weighted by Crippen LogP contribution is -2.15. The van der Waals surface area contributed by atoms with E-state index in [0.29, 0.717) is 22.3 Å². The Balaban J connectivity index is 2.61. The molecule has 1 N–H and O–H groups in total. The molecule has 2 aromatic rings. The fraction of sp³-hybridized carbons (Fsp3) is 0.182. The van der Waals surface area contributed by atoms with E-state index in [1.54, 1.807) is 25.1 Å². The monoisotopic (exact) mass is 267 g/mol. The van der Waals surface area contributed by atoms with Crippen molar-refractivity contribution in [2.75, 3.05) is 11.9 Å². The highest BCUT2D eigenvalue weighted by atomic mass is 35.5. The average molecular weight is 268 g/mol. The van der Waals surface area contributed by atoms with E-state index in [1.165, 1.54) is 0 Å². The Labute approximate surface area is 107 Å². The van der Waals surface area contributed by atoms with Crippen LogP contribution in [0.25, 0.3) is 10.9 Å². The lowest BCUT2D eigenvalue weighted by molar-refractivity contribution is -0.105. The molecular formula is C11H10ClN3O3. The molecule has 94 valence electrons. The van der Waals surface area contributed by atoms with Crippen molar-refractivity contribution in [2.45, 2.75) is 6.92 Å². The summed E-state index contributed by atoms with van der Waals surface area (Å²) in [5, 5.41) is 7.48. The van der Waals surface area contributed by atoms with Gasteiger partial charge in [-0.25, -0.2) is 4.79 Å². The normalized spacial score (nSPS) is 10.3. The summed E-state index contributed by atoms with van der Waals surface area (Å²) in [6, 6.07) is 4.90. The van der Waals surface area contributed by atoms with E-state index in [-0.39, 0.29) is 12.4 Å². The van der Waals surface area contributed by atoms with Crippen molar-refractivity contribution in [2.24, 2.45) is 0 Å². The molecule has 0 aliphatic heterocycles. The molecule has 0 atom stereocenters. The second kappa shape index (κ2) is 5.05. The molecule has 2 rings (SSSR count). The van der Waals surface area contributed by atoms with E-state index < -0.39 is 6.09 Å². The SMILES string of the molecule is CCOC(=O)n1nc(NC=O)c2ccc(Cl)cc21. The standard InChI is InChI=1S/C11H10ClN3O3/c1-2-18-11(17)15-9-5-7(12)3-4-8(9)10(14-15)13-6-16/h3-6H,2H2,1H3,(H,13,14,16). The summed E-state index contributed by atoms with van der Waals surface area (Å²) in [4.78, 5) is 22.2. The summed E-state index contributed by atoms with van der Waals surface area (Å²) in [6.07, 6.45) is -0.130. The van der Waals surface area contributed by atoms with E-state index in [0.717, 1.165) is 4.68 Å². The van der Waals surface area contributed by atoms with E-state index in [4.69, 9.17) is 16.3 Å². The minimum Gasteiger partial charge on any atom is -0.448 e. The van der Waals surface area contributed by atoms with Gasteiger partial charge in [0.1, 0.15) is 0 Å². The number of hydrogen-bond donors (Lipinski definition) is 1. The van der Waals surface area contributed by atoms with Gasteiger partial charge in [0.05, 0.1) is 12.1 Å². The number of amides is 1. The van der Waals surface area contributed by atoms with Crippen molar-refractivity contribution in [3.05, 3.63) is 23.2 Å². The fourth-order valence-corrected chi connectivity index (χ4v) is 1.74. The molecular weight excluding hydrogens is 258 g/mol. The first-order valence-electron chi connectivity index (χ1n) is 5.23. The summed E-state index contributed by atoms with van der Waals surface area (Å²) in [7, 11) is 0. The number of benzene rings is 1. The highest BCUT2D eigenvalue weighted by molar-refractivity contribution is 6.31. The lowest BCUT2D eigenvalue weighted by Gasteiger charge is -2.01. The van der Waals surface area contributed by atoms with Crippen molar-refractivity contribution < 1.29 is 14.3 Å². The van der Waals surface area contributed by atoms with Crippen LogP contribution in [0.2, 0.25) is 5.02 Å². The van der Waals surface area contributed by atoms with Gasteiger partial charge in [-0.15, -0.1) is 5.10 Å². The fourth-order valence-electron chi connectivity index (χ4n) is 1.57. The molecule has 1 aromatic heterocycles. The maximum atomic E-state index is 11.7. The molecule has 0 fully saturated rings. The molecule has 0 unspecified atom stereocenters. The summed E-state index contributed by atoms with van der Waals surface area (Å²) < 4.78 is 5.94. The maximum Gasteiger partial charge on any atom is 0.435 e. The average Bonchev–Trinajstić information content (AvgIpc) is 2.68. The first-order chi connectivity index (χ1) is 8.67. The molecule has 7 heteroatoms. The zero-order valence-corrected chi connectivity index (χ0v) is 10.3. The Kier molecular flexibility index (Phi) is 3.47. The Bertz CT molecular complexity index is 609. The van der Waals surface area contributed by atoms with Gasteiger partial charge in [-0.2, -0.15) is 4.68 Å². The second-order valence-electron chi connectivity index (χ2n) is 3.38. The number of ether oxygens (including phenoxy) is 1. The maximum absolute atomic E-state index is 11.7. The number of halogens is 1. The van der Waals surface area contributed by atoms with Crippen molar-refractivity contribution in [1.29, 1.82) is 0 Å². The van der Waals surface area contributed by atoms with Gasteiger partial charge < -0.3 is 10.1 Å². The summed E-state index contributed by atoms with van der Waals surface area (Å²) >= 11 is 5.88. The second-order valence-corrected chi connectivity index (χ2v) is 3.82. The van der Waals surface area contributed by atoms with Gasteiger partial charge >= 0.3 is 6.09 Å². The van der Waals surface area contributed by atoms with Crippen LogP contribution < -0.4 is 5.32 Å². The predicted octanol–water partition coefficient (Wildman–Crippen LogP) is 2.26. The van der Waals surface area contributed by atoms with Gasteiger partial charge in [0.25, 0.3) is 0 Å². The minimum atomic E-state index is -0.622. The molecule has 6 nitrogen and oxygen atoms in total. The molecule has 0 radical (unpaired) electrons. The van der Waals surface area contributed by atoms with Gasteiger partial charge in [-0.05, 0) is 25.1 Å². The zero-order valence-electron chi connectivity index (χ0n) is 9.51. The van der Waals surface area contributed by atoms with Gasteiger partial charge in [0.2, 0.25) is 6.41 Å². The zero-order chi connectivity index (χ0) is 13.1. The number of anilines is 1. The predicted molar refractivity (Wildman–Crippen MR) is 66.8 cm³/mol. The Morgan fingerprint density at radius 2 is 2.39 bits per heavy atom. The quantitative estimate of drug-likeness (QED) is 0.866. The summed E-state index contributed by atoms with van der Waals surface area (Å²) in [6.45, 7) is 1.93. The van der Waals surface area contributed by atoms with E-state index in [1.807, 2.05) is 0 Å². The number of nitrogens with one attached hydrogen (secondary N) is 1. The molecule has 1 amide bonds. The Hall–Kier alpha value is -2.08. The molecule has 0 saturated heterocycles. The Morgan fingerprint density at radius 1 is 1.61 bits per heavy atom. The topological polar surface area (TPSA) is 73.2 Å². The molecule has 18 heavy (non-hydrogen) atoms. The molecule has 1 heterocycles. The number of rotatable bonds is 3. The van der Waals surface area contributed by atoms with Gasteiger partial charge in [0.15, 0.2) is 5.82 Å². The number of nitrogens with zero attached hydrogens (tertiary/aromatic N) is 2. The van der Waals surface area contributed by atoms with Gasteiger partial charge in [0, 0.05) is 10.4 Å². The smallest absolute Gasteiger partial charge is 0.435 e. The third-order valence-electron chi connectivity index (χ3n) is 2.28. The van der Waals surface area contributed by atoms with Crippen LogP contribution in [0, 0.1) is 0 Å². The van der Waals surface area contributed by atoms with Crippen molar-refractivity contribution in [1.82, 2.24) is 9.78 Å². The molecule has 1 aromatic carbocycles. The minimum absolute atomic E-state index is 0.233. The largest absolute Gasteiger partial charge is 0.448 e.